The Bertz CT molecular complexity index is 951. The molecule has 0 aromatic carbocycles. The Labute approximate surface area is 387 Å². The van der Waals surface area contributed by atoms with Crippen molar-refractivity contribution in [1.29, 1.82) is 0 Å². The zero-order chi connectivity index (χ0) is 45.4. The van der Waals surface area contributed by atoms with Crippen molar-refractivity contribution in [1.82, 2.24) is 0 Å². The normalized spacial score (nSPS) is 12.9. The molecule has 6 heteroatoms. The number of esters is 3. The molecule has 0 saturated carbocycles. The third-order valence-electron chi connectivity index (χ3n) is 13.4. The van der Waals surface area contributed by atoms with Crippen molar-refractivity contribution in [3.05, 3.63) is 0 Å². The monoisotopic (exact) mass is 877 g/mol. The molecular formula is C56H108O6. The molecule has 0 aliphatic carbocycles. The summed E-state index contributed by atoms with van der Waals surface area (Å²) in [5.74, 6) is 0.896. The molecule has 0 spiro atoms. The van der Waals surface area contributed by atoms with Crippen molar-refractivity contribution in [2.45, 2.75) is 317 Å². The predicted molar refractivity (Wildman–Crippen MR) is 266 cm³/mol. The van der Waals surface area contributed by atoms with Gasteiger partial charge in [0.2, 0.25) is 0 Å². The number of ether oxygens (including phenoxy) is 3. The van der Waals surface area contributed by atoms with E-state index < -0.39 is 6.10 Å². The van der Waals surface area contributed by atoms with Crippen molar-refractivity contribution >= 4 is 17.9 Å². The van der Waals surface area contributed by atoms with E-state index in [0.717, 1.165) is 69.6 Å². The minimum Gasteiger partial charge on any atom is -0.462 e. The Balaban J connectivity index is 4.28. The van der Waals surface area contributed by atoms with E-state index in [2.05, 4.69) is 34.6 Å². The fourth-order valence-corrected chi connectivity index (χ4v) is 8.46. The second-order valence-corrected chi connectivity index (χ2v) is 19.7. The fraction of sp³-hybridized carbons (Fsp3) is 0.946. The first-order valence-corrected chi connectivity index (χ1v) is 27.8. The standard InChI is InChI=1S/C56H108O6/c1-6-9-10-11-12-13-14-15-19-22-25-31-36-41-46-54(57)60-49-53(62-56(59)48-43-38-33-28-27-30-35-40-45-52(5)8-3)50-61-55(58)47-42-37-32-26-23-20-17-16-18-21-24-29-34-39-44-51(4)7-2/h51-53H,6-50H2,1-5H3/t51?,52?,53-/m1/s1. The zero-order valence-electron chi connectivity index (χ0n) is 42.5. The van der Waals surface area contributed by atoms with Gasteiger partial charge in [0.1, 0.15) is 13.2 Å². The molecule has 0 amide bonds. The van der Waals surface area contributed by atoms with Gasteiger partial charge in [0, 0.05) is 19.3 Å². The summed E-state index contributed by atoms with van der Waals surface area (Å²) in [5, 5.41) is 0. The maximum Gasteiger partial charge on any atom is 0.306 e. The van der Waals surface area contributed by atoms with Crippen LogP contribution in [0.25, 0.3) is 0 Å². The Hall–Kier alpha value is -1.59. The fourth-order valence-electron chi connectivity index (χ4n) is 8.46. The molecule has 0 rings (SSSR count). The number of rotatable bonds is 50. The van der Waals surface area contributed by atoms with E-state index in [1.807, 2.05) is 0 Å². The average molecular weight is 877 g/mol. The molecule has 0 N–H and O–H groups in total. The van der Waals surface area contributed by atoms with Crippen molar-refractivity contribution in [3.8, 4) is 0 Å². The van der Waals surface area contributed by atoms with Gasteiger partial charge in [0.25, 0.3) is 0 Å². The molecule has 0 aliphatic heterocycles. The van der Waals surface area contributed by atoms with Gasteiger partial charge in [-0.25, -0.2) is 0 Å². The molecule has 0 saturated heterocycles. The third kappa shape index (κ3) is 46.4. The summed E-state index contributed by atoms with van der Waals surface area (Å²) < 4.78 is 16.9. The lowest BCUT2D eigenvalue weighted by atomic mass is 9.99. The van der Waals surface area contributed by atoms with E-state index in [-0.39, 0.29) is 31.1 Å². The van der Waals surface area contributed by atoms with Crippen LogP contribution in [0.15, 0.2) is 0 Å². The summed E-state index contributed by atoms with van der Waals surface area (Å²) in [6.45, 7) is 11.4. The highest BCUT2D eigenvalue weighted by Gasteiger charge is 2.19. The molecular weight excluding hydrogens is 769 g/mol. The van der Waals surface area contributed by atoms with Gasteiger partial charge in [-0.1, -0.05) is 272 Å². The van der Waals surface area contributed by atoms with E-state index in [0.29, 0.717) is 19.3 Å². The van der Waals surface area contributed by atoms with Crippen LogP contribution in [0.3, 0.4) is 0 Å². The first kappa shape index (κ1) is 60.4. The minimum atomic E-state index is -0.762. The van der Waals surface area contributed by atoms with Crippen LogP contribution in [0.5, 0.6) is 0 Å². The van der Waals surface area contributed by atoms with Crippen LogP contribution in [0.2, 0.25) is 0 Å². The van der Waals surface area contributed by atoms with Gasteiger partial charge in [0.05, 0.1) is 0 Å². The summed E-state index contributed by atoms with van der Waals surface area (Å²) in [6.07, 6.45) is 50.8. The average Bonchev–Trinajstić information content (AvgIpc) is 3.27. The molecule has 0 bridgehead atoms. The summed E-state index contributed by atoms with van der Waals surface area (Å²) in [4.78, 5) is 38.0. The van der Waals surface area contributed by atoms with Gasteiger partial charge in [-0.3, -0.25) is 14.4 Å². The first-order chi connectivity index (χ1) is 30.3. The van der Waals surface area contributed by atoms with Crippen LogP contribution >= 0.6 is 0 Å². The first-order valence-electron chi connectivity index (χ1n) is 27.8. The van der Waals surface area contributed by atoms with Crippen LogP contribution < -0.4 is 0 Å². The molecule has 62 heavy (non-hydrogen) atoms. The number of hydrogen-bond donors (Lipinski definition) is 0. The van der Waals surface area contributed by atoms with Gasteiger partial charge in [-0.15, -0.1) is 0 Å². The Morgan fingerprint density at radius 1 is 0.323 bits per heavy atom. The van der Waals surface area contributed by atoms with Crippen LogP contribution in [0, 0.1) is 11.8 Å². The molecule has 3 atom stereocenters. The highest BCUT2D eigenvalue weighted by molar-refractivity contribution is 5.71. The molecule has 2 unspecified atom stereocenters. The Morgan fingerprint density at radius 2 is 0.565 bits per heavy atom. The van der Waals surface area contributed by atoms with Gasteiger partial charge in [0.15, 0.2) is 6.10 Å². The van der Waals surface area contributed by atoms with Gasteiger partial charge in [-0.2, -0.15) is 0 Å². The van der Waals surface area contributed by atoms with Crippen LogP contribution in [-0.4, -0.2) is 37.2 Å². The second-order valence-electron chi connectivity index (χ2n) is 19.7. The molecule has 0 aromatic heterocycles. The lowest BCUT2D eigenvalue weighted by Gasteiger charge is -2.18. The lowest BCUT2D eigenvalue weighted by molar-refractivity contribution is -0.167. The second kappa shape index (κ2) is 48.9. The molecule has 6 nitrogen and oxygen atoms in total. The summed E-state index contributed by atoms with van der Waals surface area (Å²) in [7, 11) is 0. The Kier molecular flexibility index (Phi) is 47.6. The van der Waals surface area contributed by atoms with Crippen molar-refractivity contribution in [3.63, 3.8) is 0 Å². The summed E-state index contributed by atoms with van der Waals surface area (Å²) in [6, 6.07) is 0. The van der Waals surface area contributed by atoms with E-state index in [1.54, 1.807) is 0 Å². The molecule has 0 aromatic rings. The predicted octanol–water partition coefficient (Wildman–Crippen LogP) is 18.1. The minimum absolute atomic E-state index is 0.0635. The summed E-state index contributed by atoms with van der Waals surface area (Å²) in [5.41, 5.74) is 0. The quantitative estimate of drug-likeness (QED) is 0.0344. The number of carbonyl (C=O) groups is 3. The topological polar surface area (TPSA) is 78.9 Å². The largest absolute Gasteiger partial charge is 0.462 e. The van der Waals surface area contributed by atoms with Gasteiger partial charge >= 0.3 is 17.9 Å². The molecule has 0 fully saturated rings. The third-order valence-corrected chi connectivity index (χ3v) is 13.4. The zero-order valence-corrected chi connectivity index (χ0v) is 42.5. The molecule has 368 valence electrons. The Morgan fingerprint density at radius 3 is 0.839 bits per heavy atom. The molecule has 0 radical (unpaired) electrons. The summed E-state index contributed by atoms with van der Waals surface area (Å²) >= 11 is 0. The van der Waals surface area contributed by atoms with E-state index in [9.17, 15) is 14.4 Å². The molecule has 0 aliphatic rings. The van der Waals surface area contributed by atoms with Crippen molar-refractivity contribution < 1.29 is 28.6 Å². The lowest BCUT2D eigenvalue weighted by Crippen LogP contribution is -2.30. The number of unbranched alkanes of at least 4 members (excludes halogenated alkanes) is 33. The van der Waals surface area contributed by atoms with Crippen molar-refractivity contribution in [2.75, 3.05) is 13.2 Å². The van der Waals surface area contributed by atoms with E-state index in [4.69, 9.17) is 14.2 Å². The van der Waals surface area contributed by atoms with Gasteiger partial charge in [-0.05, 0) is 31.1 Å². The molecule has 0 heterocycles. The van der Waals surface area contributed by atoms with Crippen LogP contribution in [0.4, 0.5) is 0 Å². The van der Waals surface area contributed by atoms with Crippen LogP contribution in [-0.2, 0) is 28.6 Å². The number of hydrogen-bond acceptors (Lipinski definition) is 6. The van der Waals surface area contributed by atoms with E-state index >= 15 is 0 Å². The SMILES string of the molecule is CCCCCCCCCCCCCCCCC(=O)OC[C@H](COC(=O)CCCCCCCCCCCCCCCCC(C)CC)OC(=O)CCCCCCCCCCC(C)CC. The van der Waals surface area contributed by atoms with Crippen molar-refractivity contribution in [2.24, 2.45) is 11.8 Å². The maximum atomic E-state index is 12.8. The highest BCUT2D eigenvalue weighted by Crippen LogP contribution is 2.19. The van der Waals surface area contributed by atoms with E-state index in [1.165, 1.54) is 199 Å². The number of carbonyl (C=O) groups excluding carboxylic acids is 3. The highest BCUT2D eigenvalue weighted by atomic mass is 16.6. The maximum absolute atomic E-state index is 12.8. The van der Waals surface area contributed by atoms with Gasteiger partial charge < -0.3 is 14.2 Å². The smallest absolute Gasteiger partial charge is 0.306 e. The van der Waals surface area contributed by atoms with Crippen LogP contribution in [0.1, 0.15) is 311 Å².